The Balaban J connectivity index is 1.49. The van der Waals surface area contributed by atoms with Crippen LogP contribution in [-0.4, -0.2) is 59.7 Å². The van der Waals surface area contributed by atoms with Crippen molar-refractivity contribution in [2.75, 3.05) is 26.2 Å². The summed E-state index contributed by atoms with van der Waals surface area (Å²) in [4.78, 5) is 40.6. The molecule has 0 spiro atoms. The monoisotopic (exact) mass is 421 g/mol. The number of carbonyl (C=O) groups excluding carboxylic acids is 3. The summed E-state index contributed by atoms with van der Waals surface area (Å²) in [6.45, 7) is 3.72. The van der Waals surface area contributed by atoms with Gasteiger partial charge in [0.05, 0.1) is 0 Å². The van der Waals surface area contributed by atoms with Gasteiger partial charge >= 0.3 is 0 Å². The van der Waals surface area contributed by atoms with E-state index in [0.717, 1.165) is 23.7 Å². The fourth-order valence-electron chi connectivity index (χ4n) is 3.24. The smallest absolute Gasteiger partial charge is 0.253 e. The molecule has 1 unspecified atom stereocenters. The van der Waals surface area contributed by atoms with Gasteiger partial charge in [-0.25, -0.2) is 0 Å². The molecule has 1 saturated carbocycles. The molecule has 1 saturated heterocycles. The van der Waals surface area contributed by atoms with E-state index in [1.165, 1.54) is 0 Å². The number of nitrogens with one attached hydrogen (secondary N) is 1. The van der Waals surface area contributed by atoms with Crippen LogP contribution in [0.2, 0.25) is 0 Å². The molecule has 3 rings (SSSR count). The van der Waals surface area contributed by atoms with Crippen molar-refractivity contribution in [2.24, 2.45) is 5.92 Å². The van der Waals surface area contributed by atoms with E-state index in [9.17, 15) is 14.4 Å². The molecule has 2 fully saturated rings. The second-order valence-corrected chi connectivity index (χ2v) is 7.90. The van der Waals surface area contributed by atoms with Crippen LogP contribution in [0.1, 0.15) is 36.5 Å². The van der Waals surface area contributed by atoms with Crippen LogP contribution in [-0.2, 0) is 9.59 Å². The lowest BCUT2D eigenvalue weighted by Gasteiger charge is -2.36. The highest BCUT2D eigenvalue weighted by Gasteiger charge is 2.31. The van der Waals surface area contributed by atoms with E-state index in [0.29, 0.717) is 31.7 Å². The van der Waals surface area contributed by atoms with Crippen LogP contribution in [0.15, 0.2) is 28.7 Å². The normalized spacial score (nSPS) is 18.8. The highest BCUT2D eigenvalue weighted by molar-refractivity contribution is 9.10. The molecule has 2 aliphatic rings. The Morgan fingerprint density at radius 3 is 2.15 bits per heavy atom. The summed E-state index contributed by atoms with van der Waals surface area (Å²) in [5.74, 6) is -0.0314. The van der Waals surface area contributed by atoms with Gasteiger partial charge in [-0.1, -0.05) is 22.4 Å². The van der Waals surface area contributed by atoms with E-state index < -0.39 is 6.04 Å². The van der Waals surface area contributed by atoms with Crippen LogP contribution in [0.5, 0.6) is 0 Å². The van der Waals surface area contributed by atoms with Gasteiger partial charge in [0.25, 0.3) is 5.91 Å². The zero-order valence-corrected chi connectivity index (χ0v) is 16.5. The minimum Gasteiger partial charge on any atom is -0.344 e. The molecular weight excluding hydrogens is 398 g/mol. The van der Waals surface area contributed by atoms with Gasteiger partial charge < -0.3 is 15.1 Å². The highest BCUT2D eigenvalue weighted by atomic mass is 79.9. The molecule has 3 amide bonds. The van der Waals surface area contributed by atoms with Crippen LogP contribution in [0.4, 0.5) is 0 Å². The fraction of sp³-hybridized carbons (Fsp3) is 0.526. The first-order chi connectivity index (χ1) is 12.5. The molecule has 1 atom stereocenters. The summed E-state index contributed by atoms with van der Waals surface area (Å²) in [6.07, 6.45) is 2.93. The average Bonchev–Trinajstić information content (AvgIpc) is 2.59. The fourth-order valence-corrected chi connectivity index (χ4v) is 3.51. The van der Waals surface area contributed by atoms with E-state index in [-0.39, 0.29) is 23.6 Å². The van der Waals surface area contributed by atoms with Gasteiger partial charge in [-0.3, -0.25) is 14.4 Å². The maximum atomic E-state index is 12.5. The molecule has 7 heteroatoms. The van der Waals surface area contributed by atoms with Crippen molar-refractivity contribution in [3.63, 3.8) is 0 Å². The second-order valence-electron chi connectivity index (χ2n) is 6.98. The number of halogens is 1. The number of benzene rings is 1. The summed E-state index contributed by atoms with van der Waals surface area (Å²) in [5, 5.41) is 2.83. The Bertz CT molecular complexity index is 680. The molecule has 1 aliphatic carbocycles. The van der Waals surface area contributed by atoms with Crippen molar-refractivity contribution in [2.45, 2.75) is 32.2 Å². The summed E-state index contributed by atoms with van der Waals surface area (Å²) in [6, 6.07) is 6.76. The summed E-state index contributed by atoms with van der Waals surface area (Å²) >= 11 is 3.36. The predicted molar refractivity (Wildman–Crippen MR) is 102 cm³/mol. The maximum Gasteiger partial charge on any atom is 0.253 e. The van der Waals surface area contributed by atoms with Crippen LogP contribution in [0, 0.1) is 5.92 Å². The minimum atomic E-state index is -0.517. The van der Waals surface area contributed by atoms with Gasteiger partial charge in [0.2, 0.25) is 11.8 Å². The molecule has 1 aromatic carbocycles. The van der Waals surface area contributed by atoms with Gasteiger partial charge in [0.1, 0.15) is 6.04 Å². The molecule has 26 heavy (non-hydrogen) atoms. The van der Waals surface area contributed by atoms with Crippen molar-refractivity contribution >= 4 is 33.7 Å². The van der Waals surface area contributed by atoms with Crippen LogP contribution in [0.25, 0.3) is 0 Å². The third kappa shape index (κ3) is 4.26. The molecule has 1 aliphatic heterocycles. The largest absolute Gasteiger partial charge is 0.344 e. The van der Waals surface area contributed by atoms with Gasteiger partial charge in [0.15, 0.2) is 0 Å². The van der Waals surface area contributed by atoms with Crippen molar-refractivity contribution in [3.05, 3.63) is 34.3 Å². The molecule has 1 N–H and O–H groups in total. The van der Waals surface area contributed by atoms with E-state index in [1.54, 1.807) is 28.9 Å². The van der Waals surface area contributed by atoms with Gasteiger partial charge in [-0.05, 0) is 44.0 Å². The van der Waals surface area contributed by atoms with E-state index in [2.05, 4.69) is 21.2 Å². The second kappa shape index (κ2) is 8.20. The lowest BCUT2D eigenvalue weighted by atomic mass is 9.84. The number of carbonyl (C=O) groups is 3. The predicted octanol–water partition coefficient (Wildman–Crippen LogP) is 2.04. The Morgan fingerprint density at radius 2 is 1.62 bits per heavy atom. The minimum absolute atomic E-state index is 0.0128. The number of rotatable bonds is 4. The van der Waals surface area contributed by atoms with E-state index in [1.807, 2.05) is 12.1 Å². The summed E-state index contributed by atoms with van der Waals surface area (Å²) < 4.78 is 0.933. The van der Waals surface area contributed by atoms with Crippen molar-refractivity contribution < 1.29 is 14.4 Å². The molecule has 1 heterocycles. The molecule has 1 aromatic rings. The van der Waals surface area contributed by atoms with Gasteiger partial charge in [-0.15, -0.1) is 0 Å². The SMILES string of the molecule is CC(NC(=O)C1CCC1)C(=O)N1CCN(C(=O)c2ccc(Br)cc2)CC1. The first-order valence-corrected chi connectivity index (χ1v) is 9.89. The number of hydrogen-bond acceptors (Lipinski definition) is 3. The molecule has 0 radical (unpaired) electrons. The average molecular weight is 422 g/mol. The number of amides is 3. The van der Waals surface area contributed by atoms with E-state index >= 15 is 0 Å². The molecular formula is C19H24BrN3O3. The zero-order valence-electron chi connectivity index (χ0n) is 14.9. The summed E-state index contributed by atoms with van der Waals surface area (Å²) in [7, 11) is 0. The van der Waals surface area contributed by atoms with Crippen LogP contribution < -0.4 is 5.32 Å². The molecule has 140 valence electrons. The van der Waals surface area contributed by atoms with Crippen LogP contribution in [0.3, 0.4) is 0 Å². The number of nitrogens with zero attached hydrogens (tertiary/aromatic N) is 2. The lowest BCUT2D eigenvalue weighted by molar-refractivity contribution is -0.138. The Hall–Kier alpha value is -1.89. The third-order valence-corrected chi connectivity index (χ3v) is 5.70. The molecule has 0 aromatic heterocycles. The Morgan fingerprint density at radius 1 is 1.04 bits per heavy atom. The van der Waals surface area contributed by atoms with Crippen molar-refractivity contribution in [1.29, 1.82) is 0 Å². The quantitative estimate of drug-likeness (QED) is 0.808. The number of hydrogen-bond donors (Lipinski definition) is 1. The lowest BCUT2D eigenvalue weighted by Crippen LogP contribution is -2.55. The van der Waals surface area contributed by atoms with Gasteiger partial charge in [-0.2, -0.15) is 0 Å². The van der Waals surface area contributed by atoms with E-state index in [4.69, 9.17) is 0 Å². The van der Waals surface area contributed by atoms with Crippen molar-refractivity contribution in [1.82, 2.24) is 15.1 Å². The Labute approximate surface area is 162 Å². The van der Waals surface area contributed by atoms with Crippen LogP contribution >= 0.6 is 15.9 Å². The topological polar surface area (TPSA) is 69.7 Å². The summed E-state index contributed by atoms with van der Waals surface area (Å²) in [5.41, 5.74) is 0.647. The van der Waals surface area contributed by atoms with Crippen molar-refractivity contribution in [3.8, 4) is 0 Å². The standard InChI is InChI=1S/C19H24BrN3O3/c1-13(21-17(24)14-3-2-4-14)18(25)22-9-11-23(12-10-22)19(26)15-5-7-16(20)8-6-15/h5-8,13-14H,2-4,9-12H2,1H3,(H,21,24). The first-order valence-electron chi connectivity index (χ1n) is 9.09. The number of piperazine rings is 1. The zero-order chi connectivity index (χ0) is 18.7. The Kier molecular flexibility index (Phi) is 5.96. The van der Waals surface area contributed by atoms with Gasteiger partial charge in [0, 0.05) is 42.1 Å². The highest BCUT2D eigenvalue weighted by Crippen LogP contribution is 2.26. The third-order valence-electron chi connectivity index (χ3n) is 5.17. The first kappa shape index (κ1) is 18.9. The molecule has 6 nitrogen and oxygen atoms in total. The maximum absolute atomic E-state index is 12.5. The molecule has 0 bridgehead atoms.